The topological polar surface area (TPSA) is 78.9 Å². The highest BCUT2D eigenvalue weighted by molar-refractivity contribution is 5.71. The van der Waals surface area contributed by atoms with Crippen LogP contribution in [0.2, 0.25) is 0 Å². The van der Waals surface area contributed by atoms with Gasteiger partial charge < -0.3 is 14.2 Å². The summed E-state index contributed by atoms with van der Waals surface area (Å²) in [7, 11) is 0. The number of esters is 3. The molecule has 0 spiro atoms. The van der Waals surface area contributed by atoms with E-state index in [1.165, 1.54) is 212 Å². The fraction of sp³-hybridized carbons (Fsp3) is 0.855. The van der Waals surface area contributed by atoms with Crippen LogP contribution in [0.5, 0.6) is 0 Å². The first-order valence-electron chi connectivity index (χ1n) is 30.0. The number of hydrogen-bond donors (Lipinski definition) is 0. The van der Waals surface area contributed by atoms with Crippen LogP contribution in [0.4, 0.5) is 0 Å². The van der Waals surface area contributed by atoms with Crippen LogP contribution < -0.4 is 0 Å². The first-order valence-corrected chi connectivity index (χ1v) is 30.0. The molecule has 6 nitrogen and oxygen atoms in total. The van der Waals surface area contributed by atoms with E-state index >= 15 is 0 Å². The van der Waals surface area contributed by atoms with E-state index in [1.807, 2.05) is 0 Å². The first-order chi connectivity index (χ1) is 33.5. The largest absolute Gasteiger partial charge is 0.462 e. The predicted octanol–water partition coefficient (Wildman–Crippen LogP) is 20.0. The van der Waals surface area contributed by atoms with Crippen LogP contribution in [0.15, 0.2) is 36.5 Å². The van der Waals surface area contributed by atoms with E-state index < -0.39 is 6.10 Å². The third kappa shape index (κ3) is 54.6. The molecule has 0 aliphatic heterocycles. The molecule has 0 rings (SSSR count). The van der Waals surface area contributed by atoms with Gasteiger partial charge in [-0.15, -0.1) is 0 Å². The Bertz CT molecular complexity index is 1140. The molecular formula is C62H114O6. The number of carbonyl (C=O) groups is 3. The molecule has 0 bridgehead atoms. The molecule has 68 heavy (non-hydrogen) atoms. The van der Waals surface area contributed by atoms with Crippen LogP contribution in [-0.4, -0.2) is 37.2 Å². The van der Waals surface area contributed by atoms with E-state index in [1.54, 1.807) is 0 Å². The van der Waals surface area contributed by atoms with Crippen LogP contribution >= 0.6 is 0 Å². The molecule has 0 aliphatic rings. The van der Waals surface area contributed by atoms with E-state index in [4.69, 9.17) is 14.2 Å². The minimum atomic E-state index is -0.762. The molecule has 0 fully saturated rings. The van der Waals surface area contributed by atoms with Crippen LogP contribution in [0, 0.1) is 0 Å². The molecular weight excluding hydrogens is 841 g/mol. The molecule has 0 aromatic rings. The van der Waals surface area contributed by atoms with E-state index in [0.29, 0.717) is 19.3 Å². The van der Waals surface area contributed by atoms with Crippen LogP contribution in [0.1, 0.15) is 323 Å². The average molecular weight is 956 g/mol. The van der Waals surface area contributed by atoms with Crippen LogP contribution in [0.3, 0.4) is 0 Å². The summed E-state index contributed by atoms with van der Waals surface area (Å²) in [5.41, 5.74) is 0. The molecule has 0 saturated carbocycles. The lowest BCUT2D eigenvalue weighted by atomic mass is 10.0. The van der Waals surface area contributed by atoms with Gasteiger partial charge in [0.05, 0.1) is 0 Å². The highest BCUT2D eigenvalue weighted by Gasteiger charge is 2.19. The SMILES string of the molecule is CCCCCCC/C=C\C/C=C\C/C=C\CCCCCCCCCCCCCCCCCCCCC(=O)OCC(COC(=O)CCCCCCCC)OC(=O)CCCCCCCCCCCCC. The monoisotopic (exact) mass is 955 g/mol. The number of unbranched alkanes of at least 4 members (excludes halogenated alkanes) is 38. The molecule has 1 atom stereocenters. The Morgan fingerprint density at radius 2 is 0.529 bits per heavy atom. The van der Waals surface area contributed by atoms with Crippen molar-refractivity contribution in [1.29, 1.82) is 0 Å². The Morgan fingerprint density at radius 3 is 0.824 bits per heavy atom. The van der Waals surface area contributed by atoms with Crippen molar-refractivity contribution in [2.24, 2.45) is 0 Å². The molecule has 0 saturated heterocycles. The summed E-state index contributed by atoms with van der Waals surface area (Å²) in [6, 6.07) is 0. The quantitative estimate of drug-likeness (QED) is 0.0262. The summed E-state index contributed by atoms with van der Waals surface area (Å²) >= 11 is 0. The van der Waals surface area contributed by atoms with Crippen molar-refractivity contribution in [3.05, 3.63) is 36.5 Å². The van der Waals surface area contributed by atoms with Crippen molar-refractivity contribution in [2.45, 2.75) is 329 Å². The predicted molar refractivity (Wildman–Crippen MR) is 293 cm³/mol. The smallest absolute Gasteiger partial charge is 0.306 e. The zero-order valence-corrected chi connectivity index (χ0v) is 45.6. The van der Waals surface area contributed by atoms with Crippen molar-refractivity contribution in [3.63, 3.8) is 0 Å². The van der Waals surface area contributed by atoms with Crippen molar-refractivity contribution >= 4 is 17.9 Å². The number of rotatable bonds is 55. The van der Waals surface area contributed by atoms with Gasteiger partial charge in [0.1, 0.15) is 13.2 Å². The van der Waals surface area contributed by atoms with Crippen LogP contribution in [0.25, 0.3) is 0 Å². The van der Waals surface area contributed by atoms with Crippen molar-refractivity contribution in [3.8, 4) is 0 Å². The summed E-state index contributed by atoms with van der Waals surface area (Å²) in [4.78, 5) is 37.7. The van der Waals surface area contributed by atoms with Gasteiger partial charge in [-0.25, -0.2) is 0 Å². The van der Waals surface area contributed by atoms with Gasteiger partial charge in [-0.3, -0.25) is 14.4 Å². The number of ether oxygens (including phenoxy) is 3. The highest BCUT2D eigenvalue weighted by Crippen LogP contribution is 2.17. The van der Waals surface area contributed by atoms with Gasteiger partial charge in [0.2, 0.25) is 0 Å². The lowest BCUT2D eigenvalue weighted by Crippen LogP contribution is -2.30. The molecule has 0 amide bonds. The standard InChI is InChI=1S/C62H114O6/c1-4-7-10-13-16-18-20-21-22-23-24-25-26-27-28-29-30-31-32-33-34-35-36-37-38-39-40-41-43-44-46-49-52-55-61(64)67-58-59(57-66-60(63)54-51-48-15-12-9-6-3)68-62(65)56-53-50-47-45-42-19-17-14-11-8-5-2/h20-21,23-24,26-27,59H,4-19,22,25,28-58H2,1-3H3/b21-20-,24-23-,27-26-. The van der Waals surface area contributed by atoms with Gasteiger partial charge in [-0.1, -0.05) is 282 Å². The molecule has 0 radical (unpaired) electrons. The zero-order chi connectivity index (χ0) is 49.3. The maximum absolute atomic E-state index is 12.7. The molecule has 6 heteroatoms. The third-order valence-corrected chi connectivity index (χ3v) is 13.4. The number of carbonyl (C=O) groups excluding carboxylic acids is 3. The average Bonchev–Trinajstić information content (AvgIpc) is 3.34. The van der Waals surface area contributed by atoms with E-state index in [-0.39, 0.29) is 31.1 Å². The summed E-state index contributed by atoms with van der Waals surface area (Å²) < 4.78 is 16.7. The summed E-state index contributed by atoms with van der Waals surface area (Å²) in [5, 5.41) is 0. The second kappa shape index (κ2) is 57.2. The minimum Gasteiger partial charge on any atom is -0.462 e. The normalized spacial score (nSPS) is 12.2. The number of hydrogen-bond acceptors (Lipinski definition) is 6. The molecule has 1 unspecified atom stereocenters. The molecule has 0 heterocycles. The Kier molecular flexibility index (Phi) is 55.2. The molecule has 0 aromatic carbocycles. The van der Waals surface area contributed by atoms with E-state index in [0.717, 1.165) is 70.6 Å². The van der Waals surface area contributed by atoms with E-state index in [9.17, 15) is 14.4 Å². The highest BCUT2D eigenvalue weighted by atomic mass is 16.6. The Labute approximate surface area is 423 Å². The summed E-state index contributed by atoms with van der Waals surface area (Å²) in [5.74, 6) is -0.862. The maximum Gasteiger partial charge on any atom is 0.306 e. The van der Waals surface area contributed by atoms with Gasteiger partial charge in [0.25, 0.3) is 0 Å². The van der Waals surface area contributed by atoms with Crippen molar-refractivity contribution < 1.29 is 28.6 Å². The summed E-state index contributed by atoms with van der Waals surface area (Å²) in [6.45, 7) is 6.59. The van der Waals surface area contributed by atoms with Gasteiger partial charge in [-0.05, 0) is 57.8 Å². The Balaban J connectivity index is 3.88. The molecule has 398 valence electrons. The zero-order valence-electron chi connectivity index (χ0n) is 45.6. The minimum absolute atomic E-state index is 0.0668. The second-order valence-electron chi connectivity index (χ2n) is 20.3. The fourth-order valence-electron chi connectivity index (χ4n) is 8.86. The van der Waals surface area contributed by atoms with Crippen LogP contribution in [-0.2, 0) is 28.6 Å². The Morgan fingerprint density at radius 1 is 0.294 bits per heavy atom. The second-order valence-corrected chi connectivity index (χ2v) is 20.3. The maximum atomic E-state index is 12.7. The third-order valence-electron chi connectivity index (χ3n) is 13.4. The van der Waals surface area contributed by atoms with Crippen molar-refractivity contribution in [2.75, 3.05) is 13.2 Å². The first kappa shape index (κ1) is 65.6. The lowest BCUT2D eigenvalue weighted by molar-refractivity contribution is -0.167. The van der Waals surface area contributed by atoms with Gasteiger partial charge in [0, 0.05) is 19.3 Å². The fourth-order valence-corrected chi connectivity index (χ4v) is 8.86. The molecule has 0 aromatic heterocycles. The van der Waals surface area contributed by atoms with Crippen molar-refractivity contribution in [1.82, 2.24) is 0 Å². The van der Waals surface area contributed by atoms with Gasteiger partial charge >= 0.3 is 17.9 Å². The van der Waals surface area contributed by atoms with Gasteiger partial charge in [0.15, 0.2) is 6.10 Å². The summed E-state index contributed by atoms with van der Waals surface area (Å²) in [6.07, 6.45) is 69.1. The molecule has 0 aliphatic carbocycles. The van der Waals surface area contributed by atoms with Gasteiger partial charge in [-0.2, -0.15) is 0 Å². The lowest BCUT2D eigenvalue weighted by Gasteiger charge is -2.18. The van der Waals surface area contributed by atoms with E-state index in [2.05, 4.69) is 57.2 Å². The number of allylic oxidation sites excluding steroid dienone is 6. The molecule has 0 N–H and O–H groups in total. The Hall–Kier alpha value is -2.37.